The quantitative estimate of drug-likeness (QED) is 0.451. The van der Waals surface area contributed by atoms with Crippen LogP contribution in [0.25, 0.3) is 0 Å². The summed E-state index contributed by atoms with van der Waals surface area (Å²) < 4.78 is 0. The Labute approximate surface area is 187 Å². The van der Waals surface area contributed by atoms with E-state index < -0.39 is 0 Å². The lowest BCUT2D eigenvalue weighted by molar-refractivity contribution is -0.0782. The fraction of sp³-hybridized carbons (Fsp3) is 0.931. The van der Waals surface area contributed by atoms with Gasteiger partial charge in [0.15, 0.2) is 0 Å². The normalized spacial score (nSPS) is 46.0. The van der Waals surface area contributed by atoms with Crippen molar-refractivity contribution >= 4 is 0 Å². The van der Waals surface area contributed by atoms with E-state index in [1.807, 2.05) is 0 Å². The highest BCUT2D eigenvalue weighted by Crippen LogP contribution is 2.68. The molecule has 0 saturated heterocycles. The Morgan fingerprint density at radius 3 is 2.37 bits per heavy atom. The number of allylic oxidation sites excluding steroid dienone is 1. The number of aliphatic hydroxyl groups excluding tert-OH is 1. The van der Waals surface area contributed by atoms with Crippen molar-refractivity contribution in [2.75, 3.05) is 0 Å². The number of hydrogen-bond acceptors (Lipinski definition) is 1. The molecule has 4 aliphatic rings. The second kappa shape index (κ2) is 7.93. The lowest BCUT2D eigenvalue weighted by Gasteiger charge is -2.61. The van der Waals surface area contributed by atoms with E-state index in [1.54, 1.807) is 5.57 Å². The third-order valence-electron chi connectivity index (χ3n) is 11.1. The van der Waals surface area contributed by atoms with Crippen LogP contribution < -0.4 is 0 Å². The van der Waals surface area contributed by atoms with Gasteiger partial charge in [0, 0.05) is 5.41 Å². The van der Waals surface area contributed by atoms with Gasteiger partial charge in [-0.05, 0) is 91.3 Å². The minimum Gasteiger partial charge on any atom is -0.392 e. The van der Waals surface area contributed by atoms with Crippen LogP contribution in [0.4, 0.5) is 0 Å². The maximum Gasteiger partial charge on any atom is 0.0628 e. The first kappa shape index (κ1) is 22.9. The van der Waals surface area contributed by atoms with Crippen molar-refractivity contribution in [1.82, 2.24) is 0 Å². The van der Waals surface area contributed by atoms with Gasteiger partial charge in [0.25, 0.3) is 0 Å². The van der Waals surface area contributed by atoms with Gasteiger partial charge in [0.2, 0.25) is 0 Å². The van der Waals surface area contributed by atoms with E-state index in [2.05, 4.69) is 54.5 Å². The molecule has 30 heavy (non-hydrogen) atoms. The van der Waals surface area contributed by atoms with Crippen LogP contribution in [0.2, 0.25) is 0 Å². The second-order valence-corrected chi connectivity index (χ2v) is 13.5. The van der Waals surface area contributed by atoms with Gasteiger partial charge in [-0.1, -0.05) is 79.4 Å². The molecule has 0 bridgehead atoms. The third kappa shape index (κ3) is 3.45. The molecule has 1 N–H and O–H groups in total. The molecule has 4 aliphatic carbocycles. The Bertz CT molecular complexity index is 659. The van der Waals surface area contributed by atoms with Crippen molar-refractivity contribution in [2.24, 2.45) is 51.8 Å². The molecular formula is C29H50O. The van der Waals surface area contributed by atoms with Crippen LogP contribution in [0.3, 0.4) is 0 Å². The van der Waals surface area contributed by atoms with Gasteiger partial charge in [-0.15, -0.1) is 0 Å². The minimum atomic E-state index is -0.162. The topological polar surface area (TPSA) is 20.2 Å². The molecule has 0 unspecified atom stereocenters. The number of hydrogen-bond donors (Lipinski definition) is 1. The third-order valence-corrected chi connectivity index (χ3v) is 11.1. The van der Waals surface area contributed by atoms with Crippen LogP contribution in [0.15, 0.2) is 11.6 Å². The van der Waals surface area contributed by atoms with E-state index in [9.17, 15) is 5.11 Å². The van der Waals surface area contributed by atoms with Crippen LogP contribution in [0.1, 0.15) is 113 Å². The van der Waals surface area contributed by atoms with Gasteiger partial charge in [0.1, 0.15) is 0 Å². The van der Waals surface area contributed by atoms with Crippen LogP contribution in [0, 0.1) is 51.8 Å². The predicted molar refractivity (Wildman–Crippen MR) is 128 cm³/mol. The van der Waals surface area contributed by atoms with Crippen molar-refractivity contribution in [3.8, 4) is 0 Å². The van der Waals surface area contributed by atoms with Crippen LogP contribution >= 0.6 is 0 Å². The zero-order chi connectivity index (χ0) is 21.9. The maximum absolute atomic E-state index is 10.7. The first-order valence-corrected chi connectivity index (χ1v) is 13.4. The molecule has 3 saturated carbocycles. The average Bonchev–Trinajstić information content (AvgIpc) is 3.02. The van der Waals surface area contributed by atoms with Gasteiger partial charge in [-0.2, -0.15) is 0 Å². The summed E-state index contributed by atoms with van der Waals surface area (Å²) >= 11 is 0. The van der Waals surface area contributed by atoms with E-state index in [1.165, 1.54) is 57.8 Å². The molecule has 1 nitrogen and oxygen atoms in total. The summed E-state index contributed by atoms with van der Waals surface area (Å²) in [5, 5.41) is 10.7. The number of fused-ring (bicyclic) bond motifs is 5. The fourth-order valence-corrected chi connectivity index (χ4v) is 9.41. The smallest absolute Gasteiger partial charge is 0.0628 e. The zero-order valence-corrected chi connectivity index (χ0v) is 21.1. The molecule has 1 heteroatoms. The second-order valence-electron chi connectivity index (χ2n) is 13.5. The van der Waals surface area contributed by atoms with E-state index in [-0.39, 0.29) is 11.5 Å². The number of rotatable bonds is 5. The van der Waals surface area contributed by atoms with Gasteiger partial charge in [-0.25, -0.2) is 0 Å². The van der Waals surface area contributed by atoms with E-state index in [4.69, 9.17) is 0 Å². The summed E-state index contributed by atoms with van der Waals surface area (Å²) in [6.07, 6.45) is 16.0. The monoisotopic (exact) mass is 414 g/mol. The predicted octanol–water partition coefficient (Wildman–Crippen LogP) is 8.02. The van der Waals surface area contributed by atoms with Crippen LogP contribution in [0.5, 0.6) is 0 Å². The molecule has 172 valence electrons. The lowest BCUT2D eigenvalue weighted by Crippen LogP contribution is -2.54. The largest absolute Gasteiger partial charge is 0.392 e. The van der Waals surface area contributed by atoms with Crippen molar-refractivity contribution in [2.45, 2.75) is 119 Å². The summed E-state index contributed by atoms with van der Waals surface area (Å²) in [5.74, 6) is 5.34. The first-order valence-electron chi connectivity index (χ1n) is 13.4. The Kier molecular flexibility index (Phi) is 6.05. The average molecular weight is 415 g/mol. The Hall–Kier alpha value is -0.300. The summed E-state index contributed by atoms with van der Waals surface area (Å²) in [6, 6.07) is 0. The van der Waals surface area contributed by atoms with Gasteiger partial charge in [0.05, 0.1) is 6.10 Å². The fourth-order valence-electron chi connectivity index (χ4n) is 9.41. The molecule has 0 aliphatic heterocycles. The zero-order valence-electron chi connectivity index (χ0n) is 21.1. The maximum atomic E-state index is 10.7. The van der Waals surface area contributed by atoms with Crippen molar-refractivity contribution in [1.29, 1.82) is 0 Å². The van der Waals surface area contributed by atoms with Crippen LogP contribution in [-0.2, 0) is 0 Å². The molecule has 0 radical (unpaired) electrons. The van der Waals surface area contributed by atoms with Crippen molar-refractivity contribution in [3.63, 3.8) is 0 Å². The molecule has 0 aromatic heterocycles. The van der Waals surface area contributed by atoms with Crippen molar-refractivity contribution < 1.29 is 5.11 Å². The molecule has 0 spiro atoms. The summed E-state index contributed by atoms with van der Waals surface area (Å²) in [4.78, 5) is 0. The SMILES string of the molecule is CC(C)CCC[C@@H](C)[C@H]1CC[C@H]2[C@@H]3CC=C4C(C)(C)[C@H](O)CC[C@]4(C)[C@H]3CC[C@]12C. The highest BCUT2D eigenvalue weighted by Gasteiger charge is 2.61. The van der Waals surface area contributed by atoms with Crippen LogP contribution in [-0.4, -0.2) is 11.2 Å². The number of aliphatic hydroxyl groups is 1. The van der Waals surface area contributed by atoms with E-state index in [0.717, 1.165) is 41.9 Å². The Balaban J connectivity index is 1.54. The molecular weight excluding hydrogens is 364 g/mol. The van der Waals surface area contributed by atoms with Crippen molar-refractivity contribution in [3.05, 3.63) is 11.6 Å². The molecule has 0 heterocycles. The Morgan fingerprint density at radius 2 is 1.67 bits per heavy atom. The first-order chi connectivity index (χ1) is 14.0. The standard InChI is InChI=1S/C29H50O/c1-19(2)9-8-10-20(3)22-12-13-23-21-11-14-25-27(4,5)26(30)16-18-29(25,7)24(21)15-17-28(22,23)6/h14,19-24,26,30H,8-13,15-18H2,1-7H3/t20-,21+,22-,23+,24+,26-,28-,29-/m1/s1. The summed E-state index contributed by atoms with van der Waals surface area (Å²) in [7, 11) is 0. The summed E-state index contributed by atoms with van der Waals surface area (Å²) in [6.45, 7) is 17.2. The van der Waals surface area contributed by atoms with Gasteiger partial charge in [-0.3, -0.25) is 0 Å². The molecule has 4 rings (SSSR count). The molecule has 0 amide bonds. The van der Waals surface area contributed by atoms with E-state index >= 15 is 0 Å². The highest BCUT2D eigenvalue weighted by atomic mass is 16.3. The van der Waals surface area contributed by atoms with Gasteiger partial charge < -0.3 is 5.11 Å². The molecule has 3 fully saturated rings. The van der Waals surface area contributed by atoms with Gasteiger partial charge >= 0.3 is 0 Å². The van der Waals surface area contributed by atoms with E-state index in [0.29, 0.717) is 10.8 Å². The Morgan fingerprint density at radius 1 is 0.933 bits per heavy atom. The lowest BCUT2D eigenvalue weighted by atomic mass is 9.44. The summed E-state index contributed by atoms with van der Waals surface area (Å²) in [5.41, 5.74) is 2.47. The minimum absolute atomic E-state index is 0.0398. The molecule has 0 aromatic carbocycles. The molecule has 0 aromatic rings. The highest BCUT2D eigenvalue weighted by molar-refractivity contribution is 5.31. The molecule has 8 atom stereocenters.